The SMILES string of the molecule is COC(=O)CC(C)(C)CCCCc1ccc(CCCCC(C)(C)CC(C)=O)cc1. The van der Waals surface area contributed by atoms with Crippen LogP contribution in [0.1, 0.15) is 97.1 Å². The van der Waals surface area contributed by atoms with Crippen LogP contribution in [0.5, 0.6) is 0 Å². The molecule has 0 bridgehead atoms. The molecule has 0 aliphatic rings. The first-order valence-corrected chi connectivity index (χ1v) is 11.2. The summed E-state index contributed by atoms with van der Waals surface area (Å²) in [6.07, 6.45) is 10.1. The molecule has 0 aliphatic carbocycles. The molecular formula is C26H42O3. The smallest absolute Gasteiger partial charge is 0.306 e. The van der Waals surface area contributed by atoms with Gasteiger partial charge in [-0.15, -0.1) is 0 Å². The molecule has 0 aromatic heterocycles. The summed E-state index contributed by atoms with van der Waals surface area (Å²) in [7, 11) is 1.46. The van der Waals surface area contributed by atoms with Crippen molar-refractivity contribution in [1.82, 2.24) is 0 Å². The van der Waals surface area contributed by atoms with E-state index >= 15 is 0 Å². The number of aryl methyl sites for hydroxylation is 2. The molecule has 0 amide bonds. The lowest BCUT2D eigenvalue weighted by atomic mass is 9.82. The number of carbonyl (C=O) groups excluding carboxylic acids is 2. The molecule has 1 rings (SSSR count). The first kappa shape index (κ1) is 25.4. The van der Waals surface area contributed by atoms with Gasteiger partial charge < -0.3 is 9.53 Å². The van der Waals surface area contributed by atoms with E-state index in [1.165, 1.54) is 31.1 Å². The van der Waals surface area contributed by atoms with E-state index in [2.05, 4.69) is 52.0 Å². The maximum Gasteiger partial charge on any atom is 0.306 e. The van der Waals surface area contributed by atoms with Gasteiger partial charge >= 0.3 is 5.97 Å². The molecule has 164 valence electrons. The predicted octanol–water partition coefficient (Wildman–Crippen LogP) is 6.71. The van der Waals surface area contributed by atoms with Crippen LogP contribution in [0.25, 0.3) is 0 Å². The van der Waals surface area contributed by atoms with Crippen molar-refractivity contribution in [2.75, 3.05) is 7.11 Å². The zero-order valence-electron chi connectivity index (χ0n) is 19.6. The molecule has 1 aromatic rings. The first-order valence-electron chi connectivity index (χ1n) is 11.2. The van der Waals surface area contributed by atoms with Crippen LogP contribution < -0.4 is 0 Å². The summed E-state index contributed by atoms with van der Waals surface area (Å²) in [4.78, 5) is 22.8. The molecule has 0 fully saturated rings. The fourth-order valence-corrected chi connectivity index (χ4v) is 4.05. The molecule has 0 saturated heterocycles. The topological polar surface area (TPSA) is 43.4 Å². The number of hydrogen-bond acceptors (Lipinski definition) is 3. The van der Waals surface area contributed by atoms with Gasteiger partial charge in [0.2, 0.25) is 0 Å². The molecule has 0 N–H and O–H groups in total. The van der Waals surface area contributed by atoms with Crippen LogP contribution in [0, 0.1) is 10.8 Å². The average molecular weight is 403 g/mol. The second-order valence-corrected chi connectivity index (χ2v) is 10.2. The fraction of sp³-hybridized carbons (Fsp3) is 0.692. The normalized spacial score (nSPS) is 12.1. The monoisotopic (exact) mass is 402 g/mol. The van der Waals surface area contributed by atoms with E-state index in [0.29, 0.717) is 12.8 Å². The molecule has 0 radical (unpaired) electrons. The molecule has 29 heavy (non-hydrogen) atoms. The standard InChI is InChI=1S/C26H42O3/c1-21(27)19-25(2,3)17-9-7-11-22-13-15-23(16-14-22)12-8-10-18-26(4,5)20-24(28)29-6/h13-16H,7-12,17-20H2,1-6H3. The number of methoxy groups -OCH3 is 1. The van der Waals surface area contributed by atoms with Crippen molar-refractivity contribution >= 4 is 11.8 Å². The Morgan fingerprint density at radius 1 is 0.759 bits per heavy atom. The van der Waals surface area contributed by atoms with Crippen LogP contribution in [0.2, 0.25) is 0 Å². The van der Waals surface area contributed by atoms with Gasteiger partial charge in [0.15, 0.2) is 0 Å². The second-order valence-electron chi connectivity index (χ2n) is 10.2. The van der Waals surface area contributed by atoms with Gasteiger partial charge in [0.25, 0.3) is 0 Å². The maximum atomic E-state index is 11.5. The van der Waals surface area contributed by atoms with Crippen molar-refractivity contribution < 1.29 is 14.3 Å². The van der Waals surface area contributed by atoms with E-state index in [-0.39, 0.29) is 22.6 Å². The molecule has 3 heteroatoms. The lowest BCUT2D eigenvalue weighted by molar-refractivity contribution is -0.143. The summed E-state index contributed by atoms with van der Waals surface area (Å²) in [6, 6.07) is 9.04. The van der Waals surface area contributed by atoms with E-state index < -0.39 is 0 Å². The quantitative estimate of drug-likeness (QED) is 0.257. The van der Waals surface area contributed by atoms with Gasteiger partial charge in [-0.05, 0) is 67.4 Å². The lowest BCUT2D eigenvalue weighted by Gasteiger charge is -2.23. The van der Waals surface area contributed by atoms with Crippen molar-refractivity contribution in [2.45, 2.75) is 98.8 Å². The Kier molecular flexibility index (Phi) is 10.6. The number of Topliss-reactive ketones (excluding diaryl/α,β-unsaturated/α-hetero) is 1. The summed E-state index contributed by atoms with van der Waals surface area (Å²) < 4.78 is 4.79. The third-order valence-corrected chi connectivity index (χ3v) is 5.74. The third-order valence-electron chi connectivity index (χ3n) is 5.74. The minimum atomic E-state index is -0.118. The lowest BCUT2D eigenvalue weighted by Crippen LogP contribution is -2.18. The molecule has 1 aromatic carbocycles. The Hall–Kier alpha value is -1.64. The summed E-state index contributed by atoms with van der Waals surface area (Å²) in [5, 5.41) is 0. The third kappa shape index (κ3) is 11.8. The Morgan fingerprint density at radius 2 is 1.17 bits per heavy atom. The number of ether oxygens (including phenoxy) is 1. The van der Waals surface area contributed by atoms with Crippen LogP contribution in [-0.4, -0.2) is 18.9 Å². The van der Waals surface area contributed by atoms with Crippen LogP contribution in [0.3, 0.4) is 0 Å². The van der Waals surface area contributed by atoms with Crippen molar-refractivity contribution in [2.24, 2.45) is 10.8 Å². The Bertz CT molecular complexity index is 626. The molecule has 0 saturated carbocycles. The minimum absolute atomic E-state index is 0.00985. The van der Waals surface area contributed by atoms with Crippen LogP contribution >= 0.6 is 0 Å². The van der Waals surface area contributed by atoms with Crippen LogP contribution in [-0.2, 0) is 27.2 Å². The van der Waals surface area contributed by atoms with Gasteiger partial charge in [-0.25, -0.2) is 0 Å². The van der Waals surface area contributed by atoms with E-state index in [9.17, 15) is 9.59 Å². The summed E-state index contributed by atoms with van der Waals surface area (Å²) in [5.41, 5.74) is 2.93. The van der Waals surface area contributed by atoms with Gasteiger partial charge in [0.05, 0.1) is 13.5 Å². The zero-order chi connectivity index (χ0) is 21.9. The molecule has 0 heterocycles. The van der Waals surface area contributed by atoms with Crippen molar-refractivity contribution in [1.29, 1.82) is 0 Å². The summed E-state index contributed by atoms with van der Waals surface area (Å²) >= 11 is 0. The molecule has 0 unspecified atom stereocenters. The van der Waals surface area contributed by atoms with Gasteiger partial charge in [0.1, 0.15) is 5.78 Å². The fourth-order valence-electron chi connectivity index (χ4n) is 4.05. The highest BCUT2D eigenvalue weighted by Gasteiger charge is 2.22. The van der Waals surface area contributed by atoms with Gasteiger partial charge in [0, 0.05) is 6.42 Å². The summed E-state index contributed by atoms with van der Waals surface area (Å²) in [5.74, 6) is 0.172. The molecule has 0 aliphatic heterocycles. The zero-order valence-corrected chi connectivity index (χ0v) is 19.6. The number of rotatable bonds is 14. The Labute approximate surface area is 178 Å². The number of hydrogen-bond donors (Lipinski definition) is 0. The molecule has 3 nitrogen and oxygen atoms in total. The maximum absolute atomic E-state index is 11.5. The van der Waals surface area contributed by atoms with Crippen LogP contribution in [0.15, 0.2) is 24.3 Å². The molecule has 0 spiro atoms. The van der Waals surface area contributed by atoms with E-state index in [0.717, 1.165) is 38.5 Å². The Morgan fingerprint density at radius 3 is 1.55 bits per heavy atom. The van der Waals surface area contributed by atoms with E-state index in [4.69, 9.17) is 4.74 Å². The summed E-state index contributed by atoms with van der Waals surface area (Å²) in [6.45, 7) is 10.4. The highest BCUT2D eigenvalue weighted by Crippen LogP contribution is 2.29. The number of esters is 1. The largest absolute Gasteiger partial charge is 0.469 e. The van der Waals surface area contributed by atoms with Gasteiger partial charge in [-0.2, -0.15) is 0 Å². The highest BCUT2D eigenvalue weighted by atomic mass is 16.5. The number of carbonyl (C=O) groups is 2. The van der Waals surface area contributed by atoms with Gasteiger partial charge in [-0.1, -0.05) is 64.8 Å². The Balaban J connectivity index is 2.27. The second kappa shape index (κ2) is 12.1. The van der Waals surface area contributed by atoms with Crippen LogP contribution in [0.4, 0.5) is 0 Å². The number of benzene rings is 1. The van der Waals surface area contributed by atoms with Crippen molar-refractivity contribution in [3.8, 4) is 0 Å². The van der Waals surface area contributed by atoms with E-state index in [1.807, 2.05) is 0 Å². The molecular weight excluding hydrogens is 360 g/mol. The van der Waals surface area contributed by atoms with Crippen molar-refractivity contribution in [3.63, 3.8) is 0 Å². The number of ketones is 1. The molecule has 0 atom stereocenters. The average Bonchev–Trinajstić information content (AvgIpc) is 2.62. The predicted molar refractivity (Wildman–Crippen MR) is 121 cm³/mol. The van der Waals surface area contributed by atoms with E-state index in [1.54, 1.807) is 6.92 Å². The first-order chi connectivity index (χ1) is 13.5. The number of unbranched alkanes of at least 4 members (excludes halogenated alkanes) is 2. The van der Waals surface area contributed by atoms with Gasteiger partial charge in [-0.3, -0.25) is 4.79 Å². The van der Waals surface area contributed by atoms with Crippen molar-refractivity contribution in [3.05, 3.63) is 35.4 Å². The highest BCUT2D eigenvalue weighted by molar-refractivity contribution is 5.76. The minimum Gasteiger partial charge on any atom is -0.469 e.